The van der Waals surface area contributed by atoms with Crippen molar-refractivity contribution in [1.29, 1.82) is 0 Å². The second-order valence-corrected chi connectivity index (χ2v) is 4.28. The average Bonchev–Trinajstić information content (AvgIpc) is 2.25. The number of allylic oxidation sites excluding steroid dienone is 3. The van der Waals surface area contributed by atoms with Gasteiger partial charge in [-0.2, -0.15) is 0 Å². The van der Waals surface area contributed by atoms with Gasteiger partial charge in [0.15, 0.2) is 0 Å². The van der Waals surface area contributed by atoms with Crippen LogP contribution in [-0.4, -0.2) is 13.2 Å². The summed E-state index contributed by atoms with van der Waals surface area (Å²) in [6, 6.07) is 0. The first kappa shape index (κ1) is 14.7. The molecule has 0 aromatic heterocycles. The number of hydrogen-bond acceptors (Lipinski definition) is 2. The van der Waals surface area contributed by atoms with E-state index >= 15 is 0 Å². The van der Waals surface area contributed by atoms with Crippen molar-refractivity contribution in [2.75, 3.05) is 13.2 Å². The molecule has 0 rings (SSSR count). The molecule has 0 atom stereocenters. The SMILES string of the molecule is C=CCOCC(C)(C)/C(C=C)=C/C(N)=C\C. The van der Waals surface area contributed by atoms with E-state index in [0.29, 0.717) is 13.2 Å². The highest BCUT2D eigenvalue weighted by Crippen LogP contribution is 2.28. The van der Waals surface area contributed by atoms with Crippen molar-refractivity contribution < 1.29 is 4.74 Å². The van der Waals surface area contributed by atoms with Crippen LogP contribution in [0.1, 0.15) is 20.8 Å². The fourth-order valence-electron chi connectivity index (χ4n) is 1.27. The highest BCUT2D eigenvalue weighted by molar-refractivity contribution is 5.31. The summed E-state index contributed by atoms with van der Waals surface area (Å²) in [4.78, 5) is 0. The predicted molar refractivity (Wildman–Crippen MR) is 71.0 cm³/mol. The van der Waals surface area contributed by atoms with Gasteiger partial charge in [0.05, 0.1) is 13.2 Å². The van der Waals surface area contributed by atoms with Crippen molar-refractivity contribution >= 4 is 0 Å². The van der Waals surface area contributed by atoms with Crippen LogP contribution in [0.4, 0.5) is 0 Å². The van der Waals surface area contributed by atoms with Gasteiger partial charge in [-0.15, -0.1) is 6.58 Å². The van der Waals surface area contributed by atoms with E-state index in [2.05, 4.69) is 27.0 Å². The van der Waals surface area contributed by atoms with Crippen LogP contribution in [-0.2, 0) is 4.74 Å². The molecular weight excluding hydrogens is 198 g/mol. The van der Waals surface area contributed by atoms with Crippen molar-refractivity contribution in [2.45, 2.75) is 20.8 Å². The molecule has 0 fully saturated rings. The van der Waals surface area contributed by atoms with Gasteiger partial charge in [0, 0.05) is 11.1 Å². The molecule has 0 heterocycles. The molecule has 0 aliphatic carbocycles. The minimum atomic E-state index is -0.0988. The zero-order valence-electron chi connectivity index (χ0n) is 10.6. The van der Waals surface area contributed by atoms with Crippen LogP contribution in [0.15, 0.2) is 48.7 Å². The van der Waals surface area contributed by atoms with Crippen molar-refractivity contribution in [1.82, 2.24) is 0 Å². The van der Waals surface area contributed by atoms with Gasteiger partial charge in [0.1, 0.15) is 0 Å². The molecule has 0 spiro atoms. The first-order chi connectivity index (χ1) is 7.47. The van der Waals surface area contributed by atoms with E-state index < -0.39 is 0 Å². The topological polar surface area (TPSA) is 35.2 Å². The lowest BCUT2D eigenvalue weighted by Crippen LogP contribution is -2.22. The van der Waals surface area contributed by atoms with Crippen LogP contribution >= 0.6 is 0 Å². The summed E-state index contributed by atoms with van der Waals surface area (Å²) < 4.78 is 5.48. The van der Waals surface area contributed by atoms with Gasteiger partial charge in [-0.1, -0.05) is 38.7 Å². The van der Waals surface area contributed by atoms with E-state index in [1.807, 2.05) is 25.2 Å². The molecule has 0 aliphatic heterocycles. The Morgan fingerprint density at radius 3 is 2.44 bits per heavy atom. The third-order valence-electron chi connectivity index (χ3n) is 2.36. The molecule has 0 saturated carbocycles. The van der Waals surface area contributed by atoms with E-state index in [4.69, 9.17) is 10.5 Å². The fraction of sp³-hybridized carbons (Fsp3) is 0.429. The fourth-order valence-corrected chi connectivity index (χ4v) is 1.27. The zero-order valence-corrected chi connectivity index (χ0v) is 10.6. The van der Waals surface area contributed by atoms with Crippen LogP contribution in [0.5, 0.6) is 0 Å². The zero-order chi connectivity index (χ0) is 12.6. The minimum Gasteiger partial charge on any atom is -0.399 e. The lowest BCUT2D eigenvalue weighted by molar-refractivity contribution is 0.101. The quantitative estimate of drug-likeness (QED) is 0.407. The average molecular weight is 221 g/mol. The monoisotopic (exact) mass is 221 g/mol. The van der Waals surface area contributed by atoms with Crippen LogP contribution in [0.2, 0.25) is 0 Å². The Kier molecular flexibility index (Phi) is 6.50. The van der Waals surface area contributed by atoms with E-state index in [-0.39, 0.29) is 5.41 Å². The molecule has 2 N–H and O–H groups in total. The maximum atomic E-state index is 5.78. The number of rotatable bonds is 7. The minimum absolute atomic E-state index is 0.0988. The third-order valence-corrected chi connectivity index (χ3v) is 2.36. The molecule has 0 aliphatic rings. The van der Waals surface area contributed by atoms with Gasteiger partial charge in [0.2, 0.25) is 0 Å². The van der Waals surface area contributed by atoms with Crippen LogP contribution in [0, 0.1) is 5.41 Å². The van der Waals surface area contributed by atoms with E-state index in [9.17, 15) is 0 Å². The summed E-state index contributed by atoms with van der Waals surface area (Å²) in [6.45, 7) is 14.7. The normalized spacial score (nSPS) is 13.7. The van der Waals surface area contributed by atoms with Crippen LogP contribution in [0.3, 0.4) is 0 Å². The molecule has 16 heavy (non-hydrogen) atoms. The predicted octanol–water partition coefficient (Wildman–Crippen LogP) is 3.19. The highest BCUT2D eigenvalue weighted by atomic mass is 16.5. The first-order valence-corrected chi connectivity index (χ1v) is 5.43. The molecule has 2 heteroatoms. The van der Waals surface area contributed by atoms with Crippen molar-refractivity contribution in [2.24, 2.45) is 11.1 Å². The Labute approximate surface area is 99.2 Å². The molecular formula is C14H23NO. The van der Waals surface area contributed by atoms with Crippen molar-refractivity contribution in [3.8, 4) is 0 Å². The Morgan fingerprint density at radius 1 is 1.38 bits per heavy atom. The number of nitrogens with two attached hydrogens (primary N) is 1. The molecule has 0 bridgehead atoms. The molecule has 0 aromatic carbocycles. The Bertz CT molecular complexity index is 298. The Morgan fingerprint density at radius 2 is 2.00 bits per heavy atom. The van der Waals surface area contributed by atoms with Gasteiger partial charge in [0.25, 0.3) is 0 Å². The number of hydrogen-bond donors (Lipinski definition) is 1. The standard InChI is InChI=1S/C14H23NO/c1-6-9-16-11-14(4,5)12(7-2)10-13(15)8-3/h6-8,10H,1-2,9,11,15H2,3-5H3/b12-10+,13-8+. The molecule has 0 radical (unpaired) electrons. The summed E-state index contributed by atoms with van der Waals surface area (Å²) in [5.74, 6) is 0. The van der Waals surface area contributed by atoms with E-state index in [1.165, 1.54) is 0 Å². The maximum Gasteiger partial charge on any atom is 0.0645 e. The summed E-state index contributed by atoms with van der Waals surface area (Å²) in [5.41, 5.74) is 7.50. The van der Waals surface area contributed by atoms with Crippen molar-refractivity contribution in [3.63, 3.8) is 0 Å². The molecule has 2 nitrogen and oxygen atoms in total. The largest absolute Gasteiger partial charge is 0.399 e. The lowest BCUT2D eigenvalue weighted by Gasteiger charge is -2.26. The van der Waals surface area contributed by atoms with Gasteiger partial charge in [-0.05, 0) is 18.6 Å². The van der Waals surface area contributed by atoms with Crippen molar-refractivity contribution in [3.05, 3.63) is 48.7 Å². The highest BCUT2D eigenvalue weighted by Gasteiger charge is 2.21. The van der Waals surface area contributed by atoms with Crippen LogP contribution < -0.4 is 5.73 Å². The second-order valence-electron chi connectivity index (χ2n) is 4.28. The molecule has 90 valence electrons. The van der Waals surface area contributed by atoms with E-state index in [0.717, 1.165) is 11.3 Å². The maximum absolute atomic E-state index is 5.78. The summed E-state index contributed by atoms with van der Waals surface area (Å²) in [5, 5.41) is 0. The van der Waals surface area contributed by atoms with Gasteiger partial charge >= 0.3 is 0 Å². The summed E-state index contributed by atoms with van der Waals surface area (Å²) >= 11 is 0. The Hall–Kier alpha value is -1.28. The lowest BCUT2D eigenvalue weighted by atomic mass is 9.84. The Balaban J connectivity index is 4.72. The smallest absolute Gasteiger partial charge is 0.0645 e. The third kappa shape index (κ3) is 4.99. The summed E-state index contributed by atoms with van der Waals surface area (Å²) in [7, 11) is 0. The van der Waals surface area contributed by atoms with Gasteiger partial charge in [-0.25, -0.2) is 0 Å². The van der Waals surface area contributed by atoms with Gasteiger partial charge in [-0.3, -0.25) is 0 Å². The van der Waals surface area contributed by atoms with E-state index in [1.54, 1.807) is 6.08 Å². The van der Waals surface area contributed by atoms with Gasteiger partial charge < -0.3 is 10.5 Å². The molecule has 0 aromatic rings. The summed E-state index contributed by atoms with van der Waals surface area (Å²) in [6.07, 6.45) is 7.37. The molecule has 0 unspecified atom stereocenters. The number of ether oxygens (including phenoxy) is 1. The first-order valence-electron chi connectivity index (χ1n) is 5.43. The molecule has 0 saturated heterocycles. The van der Waals surface area contributed by atoms with Crippen LogP contribution in [0.25, 0.3) is 0 Å². The molecule has 0 amide bonds. The second kappa shape index (κ2) is 7.07.